The summed E-state index contributed by atoms with van der Waals surface area (Å²) in [5, 5.41) is 8.38. The van der Waals surface area contributed by atoms with Crippen molar-refractivity contribution in [1.82, 2.24) is 19.9 Å². The molecule has 1 aliphatic heterocycles. The van der Waals surface area contributed by atoms with Crippen LogP contribution in [0.5, 0.6) is 0 Å². The van der Waals surface area contributed by atoms with Crippen molar-refractivity contribution >= 4 is 5.91 Å². The zero-order chi connectivity index (χ0) is 15.8. The van der Waals surface area contributed by atoms with E-state index >= 15 is 0 Å². The Hall–Kier alpha value is -2.15. The molecule has 7 nitrogen and oxygen atoms in total. The lowest BCUT2D eigenvalue weighted by atomic mass is 10.0. The molecule has 7 heteroatoms. The largest absolute Gasteiger partial charge is 0.459 e. The highest BCUT2D eigenvalue weighted by Gasteiger charge is 2.36. The van der Waals surface area contributed by atoms with Gasteiger partial charge in [-0.3, -0.25) is 9.48 Å². The maximum atomic E-state index is 12.7. The highest BCUT2D eigenvalue weighted by atomic mass is 16.5. The molecular weight excluding hydrogens is 296 g/mol. The second kappa shape index (κ2) is 5.81. The summed E-state index contributed by atoms with van der Waals surface area (Å²) in [6.45, 7) is 1.83. The van der Waals surface area contributed by atoms with Gasteiger partial charge in [0.15, 0.2) is 5.76 Å². The van der Waals surface area contributed by atoms with Crippen LogP contribution in [0.1, 0.15) is 40.8 Å². The number of hydrogen-bond donors (Lipinski definition) is 0. The van der Waals surface area contributed by atoms with Gasteiger partial charge in [0.25, 0.3) is 5.91 Å². The predicted octanol–water partition coefficient (Wildman–Crippen LogP) is 1.57. The van der Waals surface area contributed by atoms with Crippen molar-refractivity contribution in [1.29, 1.82) is 0 Å². The molecule has 0 saturated heterocycles. The number of carbonyl (C=O) groups excluding carboxylic acids is 1. The molecular formula is C16H20N4O3. The maximum Gasteiger partial charge on any atom is 0.290 e. The fourth-order valence-corrected chi connectivity index (χ4v) is 3.06. The van der Waals surface area contributed by atoms with Gasteiger partial charge in [0.2, 0.25) is 0 Å². The van der Waals surface area contributed by atoms with Crippen LogP contribution in [0, 0.1) is 5.92 Å². The molecule has 0 N–H and O–H groups in total. The Kier molecular flexibility index (Phi) is 3.65. The molecule has 23 heavy (non-hydrogen) atoms. The summed E-state index contributed by atoms with van der Waals surface area (Å²) in [6, 6.07) is 3.21. The van der Waals surface area contributed by atoms with E-state index in [1.165, 1.54) is 19.1 Å². The Morgan fingerprint density at radius 1 is 1.43 bits per heavy atom. The molecule has 1 saturated carbocycles. The average molecular weight is 316 g/mol. The molecule has 2 aliphatic rings. The molecule has 2 aromatic rings. The number of aryl methyl sites for hydroxylation is 1. The molecule has 0 aromatic carbocycles. The number of nitrogens with zero attached hydrogens (tertiary/aromatic N) is 4. The van der Waals surface area contributed by atoms with Crippen LogP contribution in [-0.4, -0.2) is 45.6 Å². The lowest BCUT2D eigenvalue weighted by Crippen LogP contribution is -2.42. The number of carbonyl (C=O) groups is 1. The van der Waals surface area contributed by atoms with E-state index < -0.39 is 0 Å². The van der Waals surface area contributed by atoms with Crippen molar-refractivity contribution in [3.05, 3.63) is 35.5 Å². The highest BCUT2D eigenvalue weighted by molar-refractivity contribution is 5.91. The molecule has 1 aliphatic carbocycles. The summed E-state index contributed by atoms with van der Waals surface area (Å²) < 4.78 is 12.9. The summed E-state index contributed by atoms with van der Waals surface area (Å²) in [6.07, 6.45) is 4.75. The number of rotatable bonds is 5. The molecule has 0 radical (unpaired) electrons. The second-order valence-electron chi connectivity index (χ2n) is 6.27. The summed E-state index contributed by atoms with van der Waals surface area (Å²) in [5.41, 5.74) is 1.92. The van der Waals surface area contributed by atoms with Gasteiger partial charge < -0.3 is 14.1 Å². The SMILES string of the molecule is Cn1nnc2c1CCN(C(=O)c1ccco1)C2COCC1CC1. The van der Waals surface area contributed by atoms with E-state index in [4.69, 9.17) is 9.15 Å². The Morgan fingerprint density at radius 2 is 2.30 bits per heavy atom. The van der Waals surface area contributed by atoms with Crippen molar-refractivity contribution in [3.63, 3.8) is 0 Å². The van der Waals surface area contributed by atoms with E-state index in [1.54, 1.807) is 21.7 Å². The topological polar surface area (TPSA) is 73.4 Å². The molecule has 0 spiro atoms. The molecule has 122 valence electrons. The standard InChI is InChI=1S/C16H20N4O3/c1-19-12-6-7-20(16(21)14-3-2-8-23-14)13(15(12)17-18-19)10-22-9-11-4-5-11/h2-3,8,11,13H,4-7,9-10H2,1H3. The van der Waals surface area contributed by atoms with Crippen LogP contribution in [0.4, 0.5) is 0 Å². The second-order valence-corrected chi connectivity index (χ2v) is 6.27. The monoisotopic (exact) mass is 316 g/mol. The van der Waals surface area contributed by atoms with Gasteiger partial charge in [-0.2, -0.15) is 0 Å². The predicted molar refractivity (Wildman–Crippen MR) is 80.7 cm³/mol. The first-order valence-electron chi connectivity index (χ1n) is 8.04. The van der Waals surface area contributed by atoms with E-state index in [0.29, 0.717) is 24.8 Å². The zero-order valence-corrected chi connectivity index (χ0v) is 13.1. The number of hydrogen-bond acceptors (Lipinski definition) is 5. The number of fused-ring (bicyclic) bond motifs is 1. The summed E-state index contributed by atoms with van der Waals surface area (Å²) in [5.74, 6) is 0.921. The number of ether oxygens (including phenoxy) is 1. The average Bonchev–Trinajstić information content (AvgIpc) is 3.07. The molecule has 3 heterocycles. The lowest BCUT2D eigenvalue weighted by molar-refractivity contribution is 0.0334. The van der Waals surface area contributed by atoms with E-state index in [0.717, 1.165) is 24.4 Å². The zero-order valence-electron chi connectivity index (χ0n) is 13.1. The molecule has 1 atom stereocenters. The van der Waals surface area contributed by atoms with Crippen molar-refractivity contribution in [2.45, 2.75) is 25.3 Å². The summed E-state index contributed by atoms with van der Waals surface area (Å²) in [7, 11) is 1.89. The lowest BCUT2D eigenvalue weighted by Gasteiger charge is -2.34. The van der Waals surface area contributed by atoms with Gasteiger partial charge in [0.05, 0.1) is 18.6 Å². The Bertz CT molecular complexity index is 690. The van der Waals surface area contributed by atoms with Crippen molar-refractivity contribution in [2.24, 2.45) is 13.0 Å². The van der Waals surface area contributed by atoms with Gasteiger partial charge in [-0.25, -0.2) is 0 Å². The first-order chi connectivity index (χ1) is 11.2. The van der Waals surface area contributed by atoms with Crippen LogP contribution in [0.15, 0.2) is 22.8 Å². The molecule has 4 rings (SSSR count). The number of aromatic nitrogens is 3. The minimum Gasteiger partial charge on any atom is -0.459 e. The minimum atomic E-state index is -0.205. The Labute approximate surface area is 134 Å². The third kappa shape index (κ3) is 2.76. The molecule has 1 unspecified atom stereocenters. The summed E-state index contributed by atoms with van der Waals surface area (Å²) >= 11 is 0. The first kappa shape index (κ1) is 14.4. The van der Waals surface area contributed by atoms with Crippen molar-refractivity contribution in [3.8, 4) is 0 Å². The molecule has 1 fully saturated rings. The van der Waals surface area contributed by atoms with E-state index in [9.17, 15) is 4.79 Å². The quantitative estimate of drug-likeness (QED) is 0.837. The van der Waals surface area contributed by atoms with Gasteiger partial charge in [-0.05, 0) is 30.9 Å². The van der Waals surface area contributed by atoms with Gasteiger partial charge in [0.1, 0.15) is 11.7 Å². The number of furan rings is 1. The normalized spacial score (nSPS) is 20.6. The van der Waals surface area contributed by atoms with Gasteiger partial charge in [-0.15, -0.1) is 5.10 Å². The van der Waals surface area contributed by atoms with Gasteiger partial charge in [0, 0.05) is 26.6 Å². The van der Waals surface area contributed by atoms with Gasteiger partial charge >= 0.3 is 0 Å². The van der Waals surface area contributed by atoms with E-state index in [2.05, 4.69) is 10.3 Å². The van der Waals surface area contributed by atoms with E-state index in [1.807, 2.05) is 7.05 Å². The fourth-order valence-electron chi connectivity index (χ4n) is 3.06. The Balaban J connectivity index is 1.57. The van der Waals surface area contributed by atoms with Crippen LogP contribution >= 0.6 is 0 Å². The van der Waals surface area contributed by atoms with Crippen LogP contribution in [0.3, 0.4) is 0 Å². The number of amides is 1. The third-order valence-corrected chi connectivity index (χ3v) is 4.57. The first-order valence-corrected chi connectivity index (χ1v) is 8.04. The van der Waals surface area contributed by atoms with Crippen molar-refractivity contribution in [2.75, 3.05) is 19.8 Å². The summed E-state index contributed by atoms with van der Waals surface area (Å²) in [4.78, 5) is 14.5. The smallest absolute Gasteiger partial charge is 0.290 e. The van der Waals surface area contributed by atoms with Crippen LogP contribution in [0.2, 0.25) is 0 Å². The van der Waals surface area contributed by atoms with Crippen LogP contribution in [-0.2, 0) is 18.2 Å². The van der Waals surface area contributed by atoms with Crippen LogP contribution < -0.4 is 0 Å². The minimum absolute atomic E-state index is 0.119. The Morgan fingerprint density at radius 3 is 3.04 bits per heavy atom. The highest BCUT2D eigenvalue weighted by Crippen LogP contribution is 2.32. The maximum absolute atomic E-state index is 12.7. The van der Waals surface area contributed by atoms with Crippen molar-refractivity contribution < 1.29 is 13.9 Å². The van der Waals surface area contributed by atoms with Gasteiger partial charge in [-0.1, -0.05) is 5.21 Å². The molecule has 0 bridgehead atoms. The molecule has 2 aromatic heterocycles. The molecule has 1 amide bonds. The van der Waals surface area contributed by atoms with Crippen LogP contribution in [0.25, 0.3) is 0 Å². The fraction of sp³-hybridized carbons (Fsp3) is 0.562. The third-order valence-electron chi connectivity index (χ3n) is 4.57. The van der Waals surface area contributed by atoms with E-state index in [-0.39, 0.29) is 11.9 Å².